The van der Waals surface area contributed by atoms with Gasteiger partial charge in [0.25, 0.3) is 0 Å². The van der Waals surface area contributed by atoms with Crippen LogP contribution in [0.3, 0.4) is 0 Å². The van der Waals surface area contributed by atoms with Crippen LogP contribution in [0.15, 0.2) is 41.6 Å². The van der Waals surface area contributed by atoms with Crippen LogP contribution in [0.25, 0.3) is 0 Å². The van der Waals surface area contributed by atoms with E-state index in [0.29, 0.717) is 24.3 Å². The van der Waals surface area contributed by atoms with E-state index < -0.39 is 64.5 Å². The van der Waals surface area contributed by atoms with Gasteiger partial charge in [-0.3, -0.25) is 0 Å². The fourth-order valence-electron chi connectivity index (χ4n) is 3.33. The predicted octanol–water partition coefficient (Wildman–Crippen LogP) is 8.47. The summed E-state index contributed by atoms with van der Waals surface area (Å²) in [6, 6.07) is 3.00. The summed E-state index contributed by atoms with van der Waals surface area (Å²) in [6.07, 6.45) is -10.3. The minimum Gasteiger partial charge on any atom is -0.387 e. The van der Waals surface area contributed by atoms with E-state index in [4.69, 9.17) is 16.4 Å². The quantitative estimate of drug-likeness (QED) is 0.302. The molecule has 0 fully saturated rings. The van der Waals surface area contributed by atoms with Crippen molar-refractivity contribution in [3.05, 3.63) is 69.2 Å². The first-order valence-corrected chi connectivity index (χ1v) is 10.8. The van der Waals surface area contributed by atoms with Gasteiger partial charge in [0.15, 0.2) is 6.10 Å². The minimum atomic E-state index is -5.09. The molecule has 0 aliphatic carbocycles. The minimum absolute atomic E-state index is 0.0534. The van der Waals surface area contributed by atoms with E-state index >= 15 is 0 Å². The van der Waals surface area contributed by atoms with Gasteiger partial charge in [-0.25, -0.2) is 0 Å². The third-order valence-corrected chi connectivity index (χ3v) is 5.37. The van der Waals surface area contributed by atoms with Gasteiger partial charge in [-0.15, -0.1) is 12.8 Å². The van der Waals surface area contributed by atoms with Crippen molar-refractivity contribution in [2.75, 3.05) is 0 Å². The average molecular weight is 562 g/mol. The molecule has 1 heterocycles. The van der Waals surface area contributed by atoms with Gasteiger partial charge in [-0.2, -0.15) is 39.5 Å². The number of halogens is 10. The lowest BCUT2D eigenvalue weighted by atomic mass is 9.87. The van der Waals surface area contributed by atoms with Crippen LogP contribution in [0.1, 0.15) is 60.8 Å². The highest BCUT2D eigenvalue weighted by molar-refractivity contribution is 6.31. The molecule has 204 valence electrons. The predicted molar refractivity (Wildman–Crippen MR) is 120 cm³/mol. The molecule has 2 aromatic carbocycles. The normalized spacial score (nSPS) is 18.4. The van der Waals surface area contributed by atoms with Crippen LogP contribution in [-0.4, -0.2) is 10.8 Å². The fourth-order valence-corrected chi connectivity index (χ4v) is 3.55. The van der Waals surface area contributed by atoms with Crippen molar-refractivity contribution in [2.24, 2.45) is 11.1 Å². The number of aliphatic hydroxyl groups excluding tert-OH is 1. The Morgan fingerprint density at radius 3 is 1.73 bits per heavy atom. The van der Waals surface area contributed by atoms with Gasteiger partial charge in [0.05, 0.1) is 22.4 Å². The Hall–Kier alpha value is -2.91. The summed E-state index contributed by atoms with van der Waals surface area (Å²) in [5.74, 6) is -1.10. The maximum atomic E-state index is 13.1. The zero-order valence-corrected chi connectivity index (χ0v) is 20.2. The van der Waals surface area contributed by atoms with Crippen LogP contribution in [0.2, 0.25) is 5.02 Å². The molecule has 1 N–H and O–H groups in total. The van der Waals surface area contributed by atoms with E-state index in [-0.39, 0.29) is 16.8 Å². The monoisotopic (exact) mass is 561 g/mol. The standard InChI is InChI=1S/C20H13ClF9NO2.C2H6.C2H2/c1-8-15(16(32)13-7-10(18(22,23)24)2-3-14(13)21)31-33-17(8)9-4-11(19(25,26)27)6-12(5-9)20(28,29)30;2*1-2/h2-8,16-17,32H,1H3;1-2H3;1-2H. The molecule has 3 rings (SSSR count). The summed E-state index contributed by atoms with van der Waals surface area (Å²) in [5, 5.41) is 13.8. The van der Waals surface area contributed by atoms with E-state index in [1.165, 1.54) is 6.92 Å². The Kier molecular flexibility index (Phi) is 10.5. The van der Waals surface area contributed by atoms with Gasteiger partial charge >= 0.3 is 18.5 Å². The van der Waals surface area contributed by atoms with Crippen molar-refractivity contribution in [3.8, 4) is 12.8 Å². The first kappa shape index (κ1) is 32.1. The van der Waals surface area contributed by atoms with Gasteiger partial charge in [0.2, 0.25) is 0 Å². The Morgan fingerprint density at radius 2 is 1.30 bits per heavy atom. The molecule has 1 aliphatic heterocycles. The highest BCUT2D eigenvalue weighted by atomic mass is 35.5. The van der Waals surface area contributed by atoms with Crippen LogP contribution in [0, 0.1) is 18.8 Å². The van der Waals surface area contributed by atoms with Gasteiger partial charge in [0, 0.05) is 16.5 Å². The number of benzene rings is 2. The Balaban J connectivity index is 0.00000163. The van der Waals surface area contributed by atoms with Gasteiger partial charge in [0.1, 0.15) is 6.10 Å². The number of hydrogen-bond acceptors (Lipinski definition) is 3. The molecule has 0 amide bonds. The number of oxime groups is 1. The second kappa shape index (κ2) is 12.1. The molecule has 0 saturated carbocycles. The average Bonchev–Trinajstić information content (AvgIpc) is 3.20. The zero-order chi connectivity index (χ0) is 28.9. The largest absolute Gasteiger partial charge is 0.416 e. The van der Waals surface area contributed by atoms with E-state index in [0.717, 1.165) is 6.07 Å². The molecule has 1 aliphatic rings. The maximum absolute atomic E-state index is 13.1. The number of hydrogen-bond donors (Lipinski definition) is 1. The molecule has 3 nitrogen and oxygen atoms in total. The maximum Gasteiger partial charge on any atom is 0.416 e. The zero-order valence-electron chi connectivity index (χ0n) is 19.4. The lowest BCUT2D eigenvalue weighted by Gasteiger charge is -2.21. The van der Waals surface area contributed by atoms with E-state index in [2.05, 4.69) is 18.0 Å². The number of terminal acetylenes is 1. The molecular formula is C24H21ClF9NO2. The van der Waals surface area contributed by atoms with Crippen molar-refractivity contribution in [2.45, 2.75) is 51.5 Å². The Bertz CT molecular complexity index is 1090. The van der Waals surface area contributed by atoms with Crippen LogP contribution in [0.4, 0.5) is 39.5 Å². The lowest BCUT2D eigenvalue weighted by molar-refractivity contribution is -0.143. The second-order valence-corrected chi connectivity index (χ2v) is 7.71. The molecular weight excluding hydrogens is 541 g/mol. The summed E-state index contributed by atoms with van der Waals surface area (Å²) in [4.78, 5) is 5.01. The molecule has 0 saturated heterocycles. The van der Waals surface area contributed by atoms with Gasteiger partial charge < -0.3 is 9.94 Å². The Morgan fingerprint density at radius 1 is 0.838 bits per heavy atom. The van der Waals surface area contributed by atoms with E-state index in [9.17, 15) is 44.6 Å². The number of alkyl halides is 9. The summed E-state index contributed by atoms with van der Waals surface area (Å²) in [7, 11) is 0. The molecule has 0 radical (unpaired) electrons. The van der Waals surface area contributed by atoms with E-state index in [1.54, 1.807) is 0 Å². The van der Waals surface area contributed by atoms with Crippen molar-refractivity contribution in [3.63, 3.8) is 0 Å². The van der Waals surface area contributed by atoms with Crippen molar-refractivity contribution < 1.29 is 49.5 Å². The van der Waals surface area contributed by atoms with Crippen molar-refractivity contribution in [1.82, 2.24) is 0 Å². The highest BCUT2D eigenvalue weighted by Gasteiger charge is 2.42. The van der Waals surface area contributed by atoms with Gasteiger partial charge in [-0.1, -0.05) is 37.5 Å². The first-order chi connectivity index (χ1) is 17.0. The van der Waals surface area contributed by atoms with E-state index in [1.807, 2.05) is 13.8 Å². The summed E-state index contributed by atoms with van der Waals surface area (Å²) < 4.78 is 118. The first-order valence-electron chi connectivity index (χ1n) is 10.4. The summed E-state index contributed by atoms with van der Waals surface area (Å²) >= 11 is 5.89. The number of nitrogens with zero attached hydrogens (tertiary/aromatic N) is 1. The third kappa shape index (κ3) is 7.55. The molecule has 3 atom stereocenters. The van der Waals surface area contributed by atoms with Gasteiger partial charge in [-0.05, 0) is 42.0 Å². The molecule has 13 heteroatoms. The topological polar surface area (TPSA) is 41.8 Å². The van der Waals surface area contributed by atoms with Crippen LogP contribution in [-0.2, 0) is 23.4 Å². The lowest BCUT2D eigenvalue weighted by Crippen LogP contribution is -2.22. The molecule has 0 bridgehead atoms. The van der Waals surface area contributed by atoms with Crippen molar-refractivity contribution >= 4 is 17.3 Å². The van der Waals surface area contributed by atoms with Crippen LogP contribution >= 0.6 is 11.6 Å². The third-order valence-electron chi connectivity index (χ3n) is 5.03. The Labute approximate surface area is 211 Å². The second-order valence-electron chi connectivity index (χ2n) is 7.31. The highest BCUT2D eigenvalue weighted by Crippen LogP contribution is 2.43. The summed E-state index contributed by atoms with van der Waals surface area (Å²) in [6.45, 7) is 5.29. The smallest absolute Gasteiger partial charge is 0.387 e. The van der Waals surface area contributed by atoms with Crippen LogP contribution < -0.4 is 0 Å². The van der Waals surface area contributed by atoms with Crippen LogP contribution in [0.5, 0.6) is 0 Å². The molecule has 0 aromatic heterocycles. The number of rotatable bonds is 3. The fraction of sp³-hybridized carbons (Fsp3) is 0.375. The molecule has 37 heavy (non-hydrogen) atoms. The SMILES string of the molecule is C#C.CC.CC1C(C(O)c2cc(C(F)(F)F)ccc2Cl)=NOC1c1cc(C(F)(F)F)cc(C(F)(F)F)c1. The summed E-state index contributed by atoms with van der Waals surface area (Å²) in [5.41, 5.74) is -5.51. The van der Waals surface area contributed by atoms with Crippen molar-refractivity contribution in [1.29, 1.82) is 0 Å². The molecule has 0 spiro atoms. The number of aliphatic hydroxyl groups is 1. The molecule has 2 aromatic rings. The molecule has 3 unspecified atom stereocenters.